The Morgan fingerprint density at radius 1 is 1.42 bits per heavy atom. The summed E-state index contributed by atoms with van der Waals surface area (Å²) >= 11 is 6.50. The Balaban J connectivity index is 2.18. The Labute approximate surface area is 116 Å². The second-order valence-electron chi connectivity index (χ2n) is 3.60. The first kappa shape index (κ1) is 11.9. The lowest BCUT2D eigenvalue weighted by molar-refractivity contribution is 0.854. The van der Waals surface area contributed by atoms with E-state index < -0.39 is 0 Å². The summed E-state index contributed by atoms with van der Waals surface area (Å²) in [4.78, 5) is 12.3. The number of thiazole rings is 1. The summed E-state index contributed by atoms with van der Waals surface area (Å²) in [5.74, 6) is 0.876. The predicted octanol–water partition coefficient (Wildman–Crippen LogP) is 2.55. The molecule has 0 amide bonds. The molecule has 0 saturated heterocycles. The lowest BCUT2D eigenvalue weighted by Crippen LogP contribution is -1.98. The maximum atomic E-state index is 5.85. The van der Waals surface area contributed by atoms with Crippen LogP contribution in [-0.2, 0) is 0 Å². The Morgan fingerprint density at radius 3 is 3.00 bits per heavy atom. The van der Waals surface area contributed by atoms with E-state index in [0.717, 1.165) is 0 Å². The molecule has 0 spiro atoms. The zero-order chi connectivity index (χ0) is 13.4. The van der Waals surface area contributed by atoms with Gasteiger partial charge in [-0.15, -0.1) is 21.6 Å². The van der Waals surface area contributed by atoms with Gasteiger partial charge < -0.3 is 5.73 Å². The molecule has 19 heavy (non-hydrogen) atoms. The SMILES string of the molecule is Cc1nc(=S)n2[nH]c(N)c(N=Nc3nccs3)c2n1. The van der Waals surface area contributed by atoms with Crippen LogP contribution in [0.5, 0.6) is 0 Å². The summed E-state index contributed by atoms with van der Waals surface area (Å²) in [7, 11) is 0. The number of H-pyrrole nitrogens is 1. The van der Waals surface area contributed by atoms with Crippen LogP contribution in [0.15, 0.2) is 21.8 Å². The van der Waals surface area contributed by atoms with Crippen molar-refractivity contribution in [2.24, 2.45) is 10.2 Å². The van der Waals surface area contributed by atoms with Gasteiger partial charge in [0.05, 0.1) is 0 Å². The summed E-state index contributed by atoms with van der Waals surface area (Å²) < 4.78 is 1.83. The van der Waals surface area contributed by atoms with E-state index >= 15 is 0 Å². The van der Waals surface area contributed by atoms with E-state index in [0.29, 0.717) is 32.9 Å². The van der Waals surface area contributed by atoms with Gasteiger partial charge in [-0.25, -0.2) is 19.5 Å². The van der Waals surface area contributed by atoms with Gasteiger partial charge in [0, 0.05) is 11.6 Å². The smallest absolute Gasteiger partial charge is 0.229 e. The summed E-state index contributed by atoms with van der Waals surface area (Å²) in [5, 5.41) is 13.3. The fraction of sp³-hybridized carbons (Fsp3) is 0.111. The van der Waals surface area contributed by atoms with Crippen LogP contribution in [0.4, 0.5) is 16.6 Å². The van der Waals surface area contributed by atoms with Crippen molar-refractivity contribution >= 4 is 45.8 Å². The average molecular weight is 292 g/mol. The van der Waals surface area contributed by atoms with E-state index in [-0.39, 0.29) is 0 Å². The molecule has 3 heterocycles. The minimum Gasteiger partial charge on any atom is -0.382 e. The van der Waals surface area contributed by atoms with Crippen LogP contribution >= 0.6 is 23.6 Å². The lowest BCUT2D eigenvalue weighted by Gasteiger charge is -1.94. The van der Waals surface area contributed by atoms with Gasteiger partial charge in [-0.05, 0) is 19.1 Å². The minimum atomic E-state index is 0.325. The molecule has 0 saturated carbocycles. The lowest BCUT2D eigenvalue weighted by atomic mass is 10.5. The Kier molecular flexibility index (Phi) is 2.80. The number of azo groups is 1. The minimum absolute atomic E-state index is 0.325. The van der Waals surface area contributed by atoms with Crippen molar-refractivity contribution in [3.8, 4) is 0 Å². The van der Waals surface area contributed by atoms with Gasteiger partial charge >= 0.3 is 0 Å². The molecule has 96 valence electrons. The predicted molar refractivity (Wildman–Crippen MR) is 73.6 cm³/mol. The summed E-state index contributed by atoms with van der Waals surface area (Å²) in [6.45, 7) is 1.75. The zero-order valence-corrected chi connectivity index (χ0v) is 11.4. The molecule has 0 radical (unpaired) electrons. The first-order valence-electron chi connectivity index (χ1n) is 5.21. The van der Waals surface area contributed by atoms with E-state index in [1.807, 2.05) is 5.38 Å². The molecule has 3 aromatic heterocycles. The molecule has 0 atom stereocenters. The van der Waals surface area contributed by atoms with Gasteiger partial charge in [0.2, 0.25) is 9.90 Å². The van der Waals surface area contributed by atoms with Crippen molar-refractivity contribution in [2.45, 2.75) is 6.92 Å². The number of nitrogens with one attached hydrogen (secondary N) is 1. The molecule has 10 heteroatoms. The van der Waals surface area contributed by atoms with Crippen molar-refractivity contribution < 1.29 is 0 Å². The molecule has 3 aromatic rings. The number of nitrogen functional groups attached to an aromatic ring is 1. The maximum Gasteiger partial charge on any atom is 0.229 e. The van der Waals surface area contributed by atoms with Crippen molar-refractivity contribution in [2.75, 3.05) is 5.73 Å². The number of rotatable bonds is 2. The number of fused-ring (bicyclic) bond motifs is 1. The first-order valence-corrected chi connectivity index (χ1v) is 6.50. The number of nitrogens with two attached hydrogens (primary N) is 1. The third-order valence-electron chi connectivity index (χ3n) is 2.28. The Bertz CT molecular complexity index is 813. The van der Waals surface area contributed by atoms with Crippen LogP contribution in [0.2, 0.25) is 0 Å². The summed E-state index contributed by atoms with van der Waals surface area (Å²) in [6.07, 6.45) is 1.65. The second kappa shape index (κ2) is 4.48. The molecule has 0 fully saturated rings. The fourth-order valence-corrected chi connectivity index (χ4v) is 2.23. The Hall–Kier alpha value is -2.20. The van der Waals surface area contributed by atoms with Crippen LogP contribution in [-0.4, -0.2) is 24.6 Å². The molecular formula is C9H8N8S2. The van der Waals surface area contributed by atoms with E-state index in [1.165, 1.54) is 15.9 Å². The standard InChI is InChI=1S/C9H8N8S2/c1-4-12-7-5(14-15-8-11-2-3-19-8)6(10)16-17(7)9(18)13-4/h2-3,16H,10H2,1H3. The van der Waals surface area contributed by atoms with Gasteiger partial charge in [-0.2, -0.15) is 0 Å². The highest BCUT2D eigenvalue weighted by Gasteiger charge is 2.11. The molecule has 0 aliphatic rings. The number of aryl methyl sites for hydroxylation is 1. The van der Waals surface area contributed by atoms with Gasteiger partial charge in [0.15, 0.2) is 11.3 Å². The molecule has 0 aliphatic heterocycles. The highest BCUT2D eigenvalue weighted by molar-refractivity contribution is 7.71. The molecule has 0 bridgehead atoms. The van der Waals surface area contributed by atoms with E-state index in [2.05, 4.69) is 30.3 Å². The van der Waals surface area contributed by atoms with Crippen molar-refractivity contribution in [1.29, 1.82) is 0 Å². The molecule has 8 nitrogen and oxygen atoms in total. The number of aromatic nitrogens is 5. The Morgan fingerprint density at radius 2 is 2.26 bits per heavy atom. The van der Waals surface area contributed by atoms with Crippen molar-refractivity contribution in [1.82, 2.24) is 24.6 Å². The van der Waals surface area contributed by atoms with E-state index in [9.17, 15) is 0 Å². The summed E-state index contributed by atoms with van der Waals surface area (Å²) in [5.41, 5.74) is 6.77. The molecular weight excluding hydrogens is 284 g/mol. The normalized spacial score (nSPS) is 11.6. The number of hydrogen-bond acceptors (Lipinski definition) is 8. The maximum absolute atomic E-state index is 5.85. The molecule has 0 unspecified atom stereocenters. The highest BCUT2D eigenvalue weighted by Crippen LogP contribution is 2.28. The zero-order valence-electron chi connectivity index (χ0n) is 9.73. The number of hydrogen-bond donors (Lipinski definition) is 2. The van der Waals surface area contributed by atoms with Crippen LogP contribution in [0.25, 0.3) is 5.65 Å². The third kappa shape index (κ3) is 2.11. The van der Waals surface area contributed by atoms with E-state index in [1.54, 1.807) is 13.1 Å². The number of aromatic amines is 1. The monoisotopic (exact) mass is 292 g/mol. The second-order valence-corrected chi connectivity index (χ2v) is 4.84. The van der Waals surface area contributed by atoms with Gasteiger partial charge in [-0.3, -0.25) is 5.10 Å². The quantitative estimate of drug-likeness (QED) is 0.557. The molecule has 0 aromatic carbocycles. The largest absolute Gasteiger partial charge is 0.382 e. The average Bonchev–Trinajstić information content (AvgIpc) is 2.95. The van der Waals surface area contributed by atoms with Crippen LogP contribution in [0.3, 0.4) is 0 Å². The van der Waals surface area contributed by atoms with Crippen LogP contribution in [0, 0.1) is 11.7 Å². The topological polar surface area (TPSA) is 110 Å². The summed E-state index contributed by atoms with van der Waals surface area (Å²) in [6, 6.07) is 0. The van der Waals surface area contributed by atoms with Crippen molar-refractivity contribution in [3.05, 3.63) is 22.2 Å². The van der Waals surface area contributed by atoms with Crippen LogP contribution < -0.4 is 5.73 Å². The van der Waals surface area contributed by atoms with Gasteiger partial charge in [0.25, 0.3) is 0 Å². The molecule has 3 rings (SSSR count). The third-order valence-corrected chi connectivity index (χ3v) is 3.21. The van der Waals surface area contributed by atoms with Crippen LogP contribution in [0.1, 0.15) is 5.82 Å². The fourth-order valence-electron chi connectivity index (χ4n) is 1.52. The highest BCUT2D eigenvalue weighted by atomic mass is 32.1. The molecule has 3 N–H and O–H groups in total. The van der Waals surface area contributed by atoms with E-state index in [4.69, 9.17) is 18.0 Å². The number of anilines is 1. The molecule has 0 aliphatic carbocycles. The van der Waals surface area contributed by atoms with Gasteiger partial charge in [0.1, 0.15) is 11.6 Å². The van der Waals surface area contributed by atoms with Crippen molar-refractivity contribution in [3.63, 3.8) is 0 Å². The first-order chi connectivity index (χ1) is 9.15. The number of nitrogens with zero attached hydrogens (tertiary/aromatic N) is 6. The van der Waals surface area contributed by atoms with Gasteiger partial charge in [-0.1, -0.05) is 0 Å².